The molecule has 12 heavy (non-hydrogen) atoms. The van der Waals surface area contributed by atoms with Crippen LogP contribution in [-0.2, 0) is 0 Å². The van der Waals surface area contributed by atoms with Crippen LogP contribution >= 0.6 is 0 Å². The number of fused-ring (bicyclic) bond motifs is 1. The highest BCUT2D eigenvalue weighted by atomic mass is 16.5. The summed E-state index contributed by atoms with van der Waals surface area (Å²) in [5.41, 5.74) is 0.543. The van der Waals surface area contributed by atoms with Gasteiger partial charge in [-0.15, -0.1) is 0 Å². The first-order valence-corrected chi connectivity index (χ1v) is 3.62. The topological polar surface area (TPSA) is 49.7 Å². The second kappa shape index (κ2) is 2.44. The molecule has 62 valence electrons. The number of ether oxygens (including phenoxy) is 1. The van der Waals surface area contributed by atoms with Crippen LogP contribution in [0.3, 0.4) is 0 Å². The average Bonchev–Trinajstić information content (AvgIpc) is 2.12. The fraction of sp³-hybridized carbons (Fsp3) is 0.111. The molecule has 0 radical (unpaired) electrons. The number of aliphatic hydroxyl groups excluding tert-OH is 2. The first-order valence-electron chi connectivity index (χ1n) is 3.62. The van der Waals surface area contributed by atoms with Gasteiger partial charge in [0.05, 0.1) is 5.56 Å². The monoisotopic (exact) mass is 164 g/mol. The highest BCUT2D eigenvalue weighted by Gasteiger charge is 2.17. The standard InChI is InChI=1S/C9H8O3/c10-7-5-12-8-4-2-1-3-6(8)9(7)11/h1-4,10-11H,5H2. The normalized spacial score (nSPS) is 15.3. The summed E-state index contributed by atoms with van der Waals surface area (Å²) in [5.74, 6) is 0.401. The van der Waals surface area contributed by atoms with Crippen molar-refractivity contribution in [2.75, 3.05) is 6.61 Å². The molecule has 0 saturated heterocycles. The molecule has 3 heteroatoms. The van der Waals surface area contributed by atoms with E-state index in [0.29, 0.717) is 11.3 Å². The molecule has 2 N–H and O–H groups in total. The minimum Gasteiger partial charge on any atom is -0.506 e. The van der Waals surface area contributed by atoms with E-state index in [0.717, 1.165) is 0 Å². The highest BCUT2D eigenvalue weighted by Crippen LogP contribution is 2.29. The molecule has 0 amide bonds. The largest absolute Gasteiger partial charge is 0.506 e. The van der Waals surface area contributed by atoms with Gasteiger partial charge in [0.2, 0.25) is 0 Å². The van der Waals surface area contributed by atoms with Gasteiger partial charge in [0, 0.05) is 0 Å². The fourth-order valence-corrected chi connectivity index (χ4v) is 1.16. The number of hydrogen-bond acceptors (Lipinski definition) is 3. The van der Waals surface area contributed by atoms with Crippen molar-refractivity contribution in [3.8, 4) is 5.75 Å². The van der Waals surface area contributed by atoms with E-state index in [-0.39, 0.29) is 18.1 Å². The number of benzene rings is 1. The molecule has 0 saturated carbocycles. The lowest BCUT2D eigenvalue weighted by Gasteiger charge is -2.16. The molecule has 0 unspecified atom stereocenters. The van der Waals surface area contributed by atoms with E-state index in [4.69, 9.17) is 9.84 Å². The van der Waals surface area contributed by atoms with E-state index in [1.165, 1.54) is 0 Å². The quantitative estimate of drug-likeness (QED) is 0.615. The van der Waals surface area contributed by atoms with Crippen LogP contribution in [0.1, 0.15) is 5.56 Å². The number of aliphatic hydroxyl groups is 2. The van der Waals surface area contributed by atoms with Crippen molar-refractivity contribution >= 4 is 5.76 Å². The van der Waals surface area contributed by atoms with Gasteiger partial charge >= 0.3 is 0 Å². The third kappa shape index (κ3) is 0.906. The Bertz CT molecular complexity index is 341. The van der Waals surface area contributed by atoms with E-state index >= 15 is 0 Å². The van der Waals surface area contributed by atoms with Crippen LogP contribution in [0.25, 0.3) is 5.76 Å². The molecule has 0 aromatic heterocycles. The van der Waals surface area contributed by atoms with Crippen molar-refractivity contribution in [3.63, 3.8) is 0 Å². The van der Waals surface area contributed by atoms with Crippen molar-refractivity contribution in [1.82, 2.24) is 0 Å². The average molecular weight is 164 g/mol. The van der Waals surface area contributed by atoms with Crippen molar-refractivity contribution < 1.29 is 14.9 Å². The minimum absolute atomic E-state index is 0.0445. The molecule has 1 aliphatic heterocycles. The highest BCUT2D eigenvalue weighted by molar-refractivity contribution is 5.67. The SMILES string of the molecule is OC1=C(O)c2ccccc2OC1. The molecule has 0 atom stereocenters. The van der Waals surface area contributed by atoms with Crippen LogP contribution in [0.5, 0.6) is 5.75 Å². The Morgan fingerprint density at radius 1 is 1.17 bits per heavy atom. The Morgan fingerprint density at radius 3 is 2.75 bits per heavy atom. The predicted octanol–water partition coefficient (Wildman–Crippen LogP) is 1.86. The Hall–Kier alpha value is -1.64. The predicted molar refractivity (Wildman–Crippen MR) is 44.1 cm³/mol. The maximum absolute atomic E-state index is 9.38. The molecule has 0 bridgehead atoms. The summed E-state index contributed by atoms with van der Waals surface area (Å²) in [6.07, 6.45) is 0. The van der Waals surface area contributed by atoms with Gasteiger partial charge in [-0.2, -0.15) is 0 Å². The van der Waals surface area contributed by atoms with Crippen LogP contribution in [-0.4, -0.2) is 16.8 Å². The summed E-state index contributed by atoms with van der Waals surface area (Å²) in [5, 5.41) is 18.5. The van der Waals surface area contributed by atoms with Gasteiger partial charge in [-0.25, -0.2) is 0 Å². The summed E-state index contributed by atoms with van der Waals surface area (Å²) in [6, 6.07) is 7.03. The number of rotatable bonds is 0. The van der Waals surface area contributed by atoms with Gasteiger partial charge in [0.15, 0.2) is 11.5 Å². The molecule has 1 aromatic rings. The molecule has 1 aromatic carbocycles. The lowest BCUT2D eigenvalue weighted by atomic mass is 10.1. The maximum Gasteiger partial charge on any atom is 0.173 e. The smallest absolute Gasteiger partial charge is 0.173 e. The van der Waals surface area contributed by atoms with Crippen LogP contribution in [0, 0.1) is 0 Å². The zero-order chi connectivity index (χ0) is 8.55. The van der Waals surface area contributed by atoms with Gasteiger partial charge in [0.25, 0.3) is 0 Å². The zero-order valence-electron chi connectivity index (χ0n) is 6.32. The molecular weight excluding hydrogens is 156 g/mol. The Kier molecular flexibility index (Phi) is 1.43. The van der Waals surface area contributed by atoms with Gasteiger partial charge < -0.3 is 14.9 Å². The first kappa shape index (κ1) is 7.03. The zero-order valence-corrected chi connectivity index (χ0v) is 6.32. The Morgan fingerprint density at radius 2 is 1.92 bits per heavy atom. The molecule has 0 fully saturated rings. The van der Waals surface area contributed by atoms with E-state index in [1.807, 2.05) is 6.07 Å². The van der Waals surface area contributed by atoms with Crippen LogP contribution in [0.4, 0.5) is 0 Å². The van der Waals surface area contributed by atoms with Gasteiger partial charge in [-0.05, 0) is 12.1 Å². The van der Waals surface area contributed by atoms with Crippen molar-refractivity contribution in [3.05, 3.63) is 35.6 Å². The van der Waals surface area contributed by atoms with Crippen LogP contribution < -0.4 is 4.74 Å². The van der Waals surface area contributed by atoms with E-state index in [1.54, 1.807) is 18.2 Å². The van der Waals surface area contributed by atoms with Gasteiger partial charge in [-0.1, -0.05) is 12.1 Å². The number of hydrogen-bond donors (Lipinski definition) is 2. The lowest BCUT2D eigenvalue weighted by molar-refractivity contribution is 0.249. The molecule has 1 heterocycles. The molecule has 3 nitrogen and oxygen atoms in total. The van der Waals surface area contributed by atoms with Gasteiger partial charge in [-0.3, -0.25) is 0 Å². The summed E-state index contributed by atoms with van der Waals surface area (Å²) in [7, 11) is 0. The van der Waals surface area contributed by atoms with E-state index in [2.05, 4.69) is 0 Å². The summed E-state index contributed by atoms with van der Waals surface area (Å²) in [6.45, 7) is 0.0445. The summed E-state index contributed by atoms with van der Waals surface area (Å²) >= 11 is 0. The van der Waals surface area contributed by atoms with Crippen molar-refractivity contribution in [2.45, 2.75) is 0 Å². The summed E-state index contributed by atoms with van der Waals surface area (Å²) < 4.78 is 5.14. The summed E-state index contributed by atoms with van der Waals surface area (Å²) in [4.78, 5) is 0. The second-order valence-electron chi connectivity index (χ2n) is 2.58. The molecule has 0 aliphatic carbocycles. The van der Waals surface area contributed by atoms with E-state index in [9.17, 15) is 5.11 Å². The lowest BCUT2D eigenvalue weighted by Crippen LogP contribution is -2.10. The minimum atomic E-state index is -0.117. The molecular formula is C9H8O3. The molecule has 0 spiro atoms. The van der Waals surface area contributed by atoms with Crippen molar-refractivity contribution in [2.24, 2.45) is 0 Å². The molecule has 1 aliphatic rings. The van der Waals surface area contributed by atoms with Crippen LogP contribution in [0.2, 0.25) is 0 Å². The van der Waals surface area contributed by atoms with Gasteiger partial charge in [0.1, 0.15) is 12.4 Å². The third-order valence-electron chi connectivity index (χ3n) is 1.78. The maximum atomic E-state index is 9.38. The molecule has 2 rings (SSSR count). The second-order valence-corrected chi connectivity index (χ2v) is 2.58. The Balaban J connectivity index is 2.59. The van der Waals surface area contributed by atoms with E-state index < -0.39 is 0 Å². The third-order valence-corrected chi connectivity index (χ3v) is 1.78. The first-order chi connectivity index (χ1) is 5.79. The Labute approximate surface area is 69.5 Å². The van der Waals surface area contributed by atoms with Crippen LogP contribution in [0.15, 0.2) is 30.0 Å². The van der Waals surface area contributed by atoms with Crippen molar-refractivity contribution in [1.29, 1.82) is 0 Å². The number of para-hydroxylation sites is 1. The fourth-order valence-electron chi connectivity index (χ4n) is 1.16.